The van der Waals surface area contributed by atoms with Crippen LogP contribution in [0.25, 0.3) is 0 Å². The van der Waals surface area contributed by atoms with E-state index < -0.39 is 0 Å². The highest BCUT2D eigenvalue weighted by molar-refractivity contribution is 6.29. The van der Waals surface area contributed by atoms with Crippen molar-refractivity contribution in [3.05, 3.63) is 23.0 Å². The molecule has 0 radical (unpaired) electrons. The average Bonchev–Trinajstić information content (AvgIpc) is 2.18. The molecule has 0 aromatic carbocycles. The lowest BCUT2D eigenvalue weighted by molar-refractivity contribution is 0.0788. The monoisotopic (exact) mass is 213 g/mol. The van der Waals surface area contributed by atoms with Crippen LogP contribution in [0.2, 0.25) is 5.15 Å². The number of carbonyl (C=O) groups is 1. The van der Waals surface area contributed by atoms with Crippen LogP contribution in [0.5, 0.6) is 0 Å². The molecule has 0 aliphatic rings. The van der Waals surface area contributed by atoms with Gasteiger partial charge in [-0.2, -0.15) is 0 Å². The second kappa shape index (κ2) is 4.91. The van der Waals surface area contributed by atoms with Crippen LogP contribution >= 0.6 is 11.6 Å². The van der Waals surface area contributed by atoms with Crippen molar-refractivity contribution in [3.8, 4) is 0 Å². The molecule has 0 N–H and O–H groups in total. The van der Waals surface area contributed by atoms with Gasteiger partial charge >= 0.3 is 0 Å². The molecule has 0 fully saturated rings. The van der Waals surface area contributed by atoms with Gasteiger partial charge in [0, 0.05) is 13.6 Å². The fraction of sp³-hybridized carbons (Fsp3) is 0.444. The maximum absolute atomic E-state index is 11.6. The summed E-state index contributed by atoms with van der Waals surface area (Å²) in [5.41, 5.74) is 0.324. The van der Waals surface area contributed by atoms with E-state index in [1.54, 1.807) is 24.1 Å². The molecule has 5 heteroatoms. The van der Waals surface area contributed by atoms with Gasteiger partial charge in [-0.1, -0.05) is 18.5 Å². The normalized spacial score (nSPS) is 9.93. The van der Waals surface area contributed by atoms with Gasteiger partial charge in [0.2, 0.25) is 0 Å². The highest BCUT2D eigenvalue weighted by Crippen LogP contribution is 2.04. The van der Waals surface area contributed by atoms with Crippen LogP contribution < -0.4 is 0 Å². The summed E-state index contributed by atoms with van der Waals surface area (Å²) < 4.78 is 0. The minimum Gasteiger partial charge on any atom is -0.340 e. The smallest absolute Gasteiger partial charge is 0.274 e. The SMILES string of the molecule is CCCN(C)C(=O)c1ccc(Cl)nn1. The number of hydrogen-bond acceptors (Lipinski definition) is 3. The first-order valence-electron chi connectivity index (χ1n) is 4.40. The van der Waals surface area contributed by atoms with Gasteiger partial charge < -0.3 is 4.90 Å². The van der Waals surface area contributed by atoms with Crippen LogP contribution in [-0.4, -0.2) is 34.6 Å². The Morgan fingerprint density at radius 1 is 1.50 bits per heavy atom. The average molecular weight is 214 g/mol. The number of carbonyl (C=O) groups excluding carboxylic acids is 1. The number of halogens is 1. The van der Waals surface area contributed by atoms with Crippen molar-refractivity contribution in [2.45, 2.75) is 13.3 Å². The van der Waals surface area contributed by atoms with E-state index in [1.165, 1.54) is 0 Å². The van der Waals surface area contributed by atoms with Gasteiger partial charge in [0.1, 0.15) is 0 Å². The fourth-order valence-electron chi connectivity index (χ4n) is 1.06. The standard InChI is InChI=1S/C9H12ClN3O/c1-3-6-13(2)9(14)7-4-5-8(10)12-11-7/h4-5H,3,6H2,1-2H3. The van der Waals surface area contributed by atoms with E-state index in [-0.39, 0.29) is 5.91 Å². The molecule has 14 heavy (non-hydrogen) atoms. The molecule has 0 spiro atoms. The predicted octanol–water partition coefficient (Wildman–Crippen LogP) is 1.61. The van der Waals surface area contributed by atoms with Gasteiger partial charge in [-0.3, -0.25) is 4.79 Å². The Morgan fingerprint density at radius 2 is 2.21 bits per heavy atom. The van der Waals surface area contributed by atoms with Crippen molar-refractivity contribution in [3.63, 3.8) is 0 Å². The quantitative estimate of drug-likeness (QED) is 0.767. The van der Waals surface area contributed by atoms with Crippen molar-refractivity contribution in [2.75, 3.05) is 13.6 Å². The Hall–Kier alpha value is -1.16. The van der Waals surface area contributed by atoms with Gasteiger partial charge in [-0.25, -0.2) is 0 Å². The molecule has 0 aliphatic heterocycles. The largest absolute Gasteiger partial charge is 0.340 e. The minimum atomic E-state index is -0.129. The minimum absolute atomic E-state index is 0.129. The second-order valence-corrected chi connectivity index (χ2v) is 3.36. The molecule has 0 saturated carbocycles. The second-order valence-electron chi connectivity index (χ2n) is 2.97. The van der Waals surface area contributed by atoms with Crippen molar-refractivity contribution >= 4 is 17.5 Å². The van der Waals surface area contributed by atoms with Gasteiger partial charge in [-0.05, 0) is 18.6 Å². The summed E-state index contributed by atoms with van der Waals surface area (Å²) in [6.07, 6.45) is 0.920. The summed E-state index contributed by atoms with van der Waals surface area (Å²) in [5, 5.41) is 7.61. The van der Waals surface area contributed by atoms with Gasteiger partial charge in [0.05, 0.1) is 0 Å². The van der Waals surface area contributed by atoms with Crippen LogP contribution in [0.4, 0.5) is 0 Å². The lowest BCUT2D eigenvalue weighted by atomic mass is 10.3. The molecule has 1 heterocycles. The van der Waals surface area contributed by atoms with Crippen LogP contribution in [0.1, 0.15) is 23.8 Å². The Labute approximate surface area is 87.9 Å². The number of hydrogen-bond donors (Lipinski definition) is 0. The summed E-state index contributed by atoms with van der Waals surface area (Å²) in [6, 6.07) is 3.13. The van der Waals surface area contributed by atoms with E-state index in [0.29, 0.717) is 17.4 Å². The molecule has 0 bridgehead atoms. The predicted molar refractivity (Wildman–Crippen MR) is 54.3 cm³/mol. The number of rotatable bonds is 3. The molecule has 0 saturated heterocycles. The molecule has 0 unspecified atom stereocenters. The first-order valence-corrected chi connectivity index (χ1v) is 4.77. The van der Waals surface area contributed by atoms with Crippen LogP contribution in [0, 0.1) is 0 Å². The third-order valence-electron chi connectivity index (χ3n) is 1.76. The number of amides is 1. The van der Waals surface area contributed by atoms with Crippen LogP contribution in [0.3, 0.4) is 0 Å². The first kappa shape index (κ1) is 10.9. The molecular weight excluding hydrogens is 202 g/mol. The Kier molecular flexibility index (Phi) is 3.83. The van der Waals surface area contributed by atoms with Crippen molar-refractivity contribution in [2.24, 2.45) is 0 Å². The molecule has 4 nitrogen and oxygen atoms in total. The van der Waals surface area contributed by atoms with Gasteiger partial charge in [-0.15, -0.1) is 10.2 Å². The molecule has 1 rings (SSSR count). The third kappa shape index (κ3) is 2.67. The van der Waals surface area contributed by atoms with Crippen molar-refractivity contribution in [1.29, 1.82) is 0 Å². The molecule has 76 valence electrons. The van der Waals surface area contributed by atoms with Crippen LogP contribution in [0.15, 0.2) is 12.1 Å². The van der Waals surface area contributed by atoms with E-state index in [0.717, 1.165) is 6.42 Å². The molecular formula is C9H12ClN3O. The fourth-order valence-corrected chi connectivity index (χ4v) is 1.16. The van der Waals surface area contributed by atoms with E-state index in [1.807, 2.05) is 6.92 Å². The molecule has 0 aliphatic carbocycles. The summed E-state index contributed by atoms with van der Waals surface area (Å²) in [4.78, 5) is 13.2. The van der Waals surface area contributed by atoms with Crippen LogP contribution in [-0.2, 0) is 0 Å². The summed E-state index contributed by atoms with van der Waals surface area (Å²) in [6.45, 7) is 2.72. The third-order valence-corrected chi connectivity index (χ3v) is 1.96. The first-order chi connectivity index (χ1) is 6.65. The maximum Gasteiger partial charge on any atom is 0.274 e. The lowest BCUT2D eigenvalue weighted by Gasteiger charge is -2.14. The Bertz CT molecular complexity index is 312. The van der Waals surface area contributed by atoms with E-state index in [9.17, 15) is 4.79 Å². The molecule has 1 amide bonds. The van der Waals surface area contributed by atoms with Gasteiger partial charge in [0.15, 0.2) is 10.8 Å². The van der Waals surface area contributed by atoms with E-state index in [4.69, 9.17) is 11.6 Å². The zero-order valence-electron chi connectivity index (χ0n) is 8.20. The molecule has 1 aromatic heterocycles. The Balaban J connectivity index is 2.74. The zero-order chi connectivity index (χ0) is 10.6. The topological polar surface area (TPSA) is 46.1 Å². The Morgan fingerprint density at radius 3 is 2.71 bits per heavy atom. The highest BCUT2D eigenvalue weighted by Gasteiger charge is 2.12. The maximum atomic E-state index is 11.6. The van der Waals surface area contributed by atoms with Crippen molar-refractivity contribution < 1.29 is 4.79 Å². The zero-order valence-corrected chi connectivity index (χ0v) is 8.95. The van der Waals surface area contributed by atoms with Crippen molar-refractivity contribution in [1.82, 2.24) is 15.1 Å². The summed E-state index contributed by atoms with van der Waals surface area (Å²) in [7, 11) is 1.74. The lowest BCUT2D eigenvalue weighted by Crippen LogP contribution is -2.28. The van der Waals surface area contributed by atoms with E-state index >= 15 is 0 Å². The number of aromatic nitrogens is 2. The summed E-state index contributed by atoms with van der Waals surface area (Å²) in [5.74, 6) is -0.129. The van der Waals surface area contributed by atoms with E-state index in [2.05, 4.69) is 10.2 Å². The summed E-state index contributed by atoms with van der Waals surface area (Å²) >= 11 is 5.56. The number of nitrogens with zero attached hydrogens (tertiary/aromatic N) is 3. The highest BCUT2D eigenvalue weighted by atomic mass is 35.5. The molecule has 1 aromatic rings. The van der Waals surface area contributed by atoms with Gasteiger partial charge in [0.25, 0.3) is 5.91 Å². The molecule has 0 atom stereocenters.